The quantitative estimate of drug-likeness (QED) is 0.852. The van der Waals surface area contributed by atoms with Crippen LogP contribution in [0.5, 0.6) is 0 Å². The number of benzene rings is 1. The Morgan fingerprint density at radius 2 is 2.19 bits per heavy atom. The minimum absolute atomic E-state index is 0.0582. The van der Waals surface area contributed by atoms with Crippen LogP contribution in [-0.2, 0) is 11.4 Å². The standard InChI is InChI=1S/C12H16ClNO2/c1-3-4-12(16)14-11-6-10(13)8(2)5-9(11)7-15/h5-6,15H,3-4,7H2,1-2H3,(H,14,16). The summed E-state index contributed by atoms with van der Waals surface area (Å²) in [7, 11) is 0. The highest BCUT2D eigenvalue weighted by molar-refractivity contribution is 6.31. The average molecular weight is 242 g/mol. The van der Waals surface area contributed by atoms with E-state index >= 15 is 0 Å². The molecule has 1 aromatic carbocycles. The number of halogens is 1. The molecule has 16 heavy (non-hydrogen) atoms. The van der Waals surface area contributed by atoms with Crippen LogP contribution in [0, 0.1) is 6.92 Å². The van der Waals surface area contributed by atoms with Crippen molar-refractivity contribution in [1.82, 2.24) is 0 Å². The van der Waals surface area contributed by atoms with E-state index in [9.17, 15) is 9.90 Å². The first kappa shape index (κ1) is 13.0. The van der Waals surface area contributed by atoms with E-state index < -0.39 is 0 Å². The van der Waals surface area contributed by atoms with Crippen molar-refractivity contribution < 1.29 is 9.90 Å². The SMILES string of the molecule is CCCC(=O)Nc1cc(Cl)c(C)cc1CO. The van der Waals surface area contributed by atoms with Gasteiger partial charge < -0.3 is 10.4 Å². The van der Waals surface area contributed by atoms with Gasteiger partial charge in [0.1, 0.15) is 0 Å². The fraction of sp³-hybridized carbons (Fsp3) is 0.417. The topological polar surface area (TPSA) is 49.3 Å². The van der Waals surface area contributed by atoms with Crippen LogP contribution in [0.4, 0.5) is 5.69 Å². The van der Waals surface area contributed by atoms with E-state index in [1.165, 1.54) is 0 Å². The van der Waals surface area contributed by atoms with E-state index in [2.05, 4.69) is 5.32 Å². The molecule has 2 N–H and O–H groups in total. The van der Waals surface area contributed by atoms with Gasteiger partial charge in [-0.2, -0.15) is 0 Å². The van der Waals surface area contributed by atoms with Crippen molar-refractivity contribution >= 4 is 23.2 Å². The molecule has 1 aromatic rings. The third-order valence-corrected chi connectivity index (χ3v) is 2.71. The first-order valence-corrected chi connectivity index (χ1v) is 5.66. The summed E-state index contributed by atoms with van der Waals surface area (Å²) in [6.45, 7) is 3.69. The number of aliphatic hydroxyl groups is 1. The number of hydrogen-bond donors (Lipinski definition) is 2. The first-order chi connectivity index (χ1) is 7.58. The Labute approximate surface area is 100 Å². The maximum Gasteiger partial charge on any atom is 0.224 e. The lowest BCUT2D eigenvalue weighted by molar-refractivity contribution is -0.116. The van der Waals surface area contributed by atoms with E-state index in [0.29, 0.717) is 22.7 Å². The second-order valence-corrected chi connectivity index (χ2v) is 4.12. The van der Waals surface area contributed by atoms with E-state index in [4.69, 9.17) is 11.6 Å². The van der Waals surface area contributed by atoms with E-state index in [-0.39, 0.29) is 12.5 Å². The number of aryl methyl sites for hydroxylation is 1. The molecule has 0 fully saturated rings. The Hall–Kier alpha value is -1.06. The Morgan fingerprint density at radius 1 is 1.50 bits per heavy atom. The van der Waals surface area contributed by atoms with Gasteiger partial charge in [-0.3, -0.25) is 4.79 Å². The second-order valence-electron chi connectivity index (χ2n) is 3.71. The van der Waals surface area contributed by atoms with Gasteiger partial charge in [-0.1, -0.05) is 24.6 Å². The monoisotopic (exact) mass is 241 g/mol. The zero-order chi connectivity index (χ0) is 12.1. The Kier molecular flexibility index (Phi) is 4.77. The van der Waals surface area contributed by atoms with Crippen molar-refractivity contribution in [2.75, 3.05) is 5.32 Å². The summed E-state index contributed by atoms with van der Waals surface area (Å²) in [6, 6.07) is 3.46. The summed E-state index contributed by atoms with van der Waals surface area (Å²) >= 11 is 5.97. The highest BCUT2D eigenvalue weighted by atomic mass is 35.5. The molecule has 0 saturated heterocycles. The summed E-state index contributed by atoms with van der Waals surface area (Å²) in [6.07, 6.45) is 1.26. The van der Waals surface area contributed by atoms with Gasteiger partial charge in [-0.25, -0.2) is 0 Å². The normalized spacial score (nSPS) is 10.2. The third-order valence-electron chi connectivity index (χ3n) is 2.31. The molecule has 0 heterocycles. The Morgan fingerprint density at radius 3 is 2.75 bits per heavy atom. The molecule has 0 radical (unpaired) electrons. The molecule has 1 amide bonds. The molecule has 0 aliphatic rings. The molecular weight excluding hydrogens is 226 g/mol. The summed E-state index contributed by atoms with van der Waals surface area (Å²) in [5, 5.41) is 12.5. The predicted octanol–water partition coefficient (Wildman–Crippen LogP) is 2.88. The highest BCUT2D eigenvalue weighted by Crippen LogP contribution is 2.25. The van der Waals surface area contributed by atoms with Crippen LogP contribution in [0.15, 0.2) is 12.1 Å². The fourth-order valence-electron chi connectivity index (χ4n) is 1.43. The number of carbonyl (C=O) groups excluding carboxylic acids is 1. The number of anilines is 1. The van der Waals surface area contributed by atoms with Crippen LogP contribution in [0.2, 0.25) is 5.02 Å². The van der Waals surface area contributed by atoms with Crippen molar-refractivity contribution in [3.63, 3.8) is 0 Å². The molecule has 3 nitrogen and oxygen atoms in total. The molecule has 0 atom stereocenters. The van der Waals surface area contributed by atoms with Crippen LogP contribution in [-0.4, -0.2) is 11.0 Å². The number of nitrogens with one attached hydrogen (secondary N) is 1. The molecular formula is C12H16ClNO2. The molecule has 0 aliphatic carbocycles. The average Bonchev–Trinajstić information content (AvgIpc) is 2.23. The van der Waals surface area contributed by atoms with Crippen molar-refractivity contribution in [3.8, 4) is 0 Å². The van der Waals surface area contributed by atoms with Crippen molar-refractivity contribution in [1.29, 1.82) is 0 Å². The molecule has 0 saturated carbocycles. The number of aliphatic hydroxyl groups excluding tert-OH is 1. The lowest BCUT2D eigenvalue weighted by Crippen LogP contribution is -2.12. The molecule has 0 bridgehead atoms. The second kappa shape index (κ2) is 5.87. The van der Waals surface area contributed by atoms with Gasteiger partial charge >= 0.3 is 0 Å². The van der Waals surface area contributed by atoms with E-state index in [1.54, 1.807) is 12.1 Å². The Bertz CT molecular complexity index is 391. The molecule has 0 aromatic heterocycles. The van der Waals surface area contributed by atoms with Gasteiger partial charge in [0.2, 0.25) is 5.91 Å². The summed E-state index contributed by atoms with van der Waals surface area (Å²) in [4.78, 5) is 11.4. The summed E-state index contributed by atoms with van der Waals surface area (Å²) < 4.78 is 0. The number of amides is 1. The predicted molar refractivity (Wildman–Crippen MR) is 65.6 cm³/mol. The van der Waals surface area contributed by atoms with E-state index in [1.807, 2.05) is 13.8 Å². The molecule has 0 spiro atoms. The van der Waals surface area contributed by atoms with Crippen LogP contribution < -0.4 is 5.32 Å². The zero-order valence-corrected chi connectivity index (χ0v) is 10.3. The van der Waals surface area contributed by atoms with Gasteiger partial charge in [-0.05, 0) is 25.0 Å². The number of carbonyl (C=O) groups is 1. The lowest BCUT2D eigenvalue weighted by atomic mass is 10.1. The van der Waals surface area contributed by atoms with Crippen LogP contribution in [0.1, 0.15) is 30.9 Å². The minimum Gasteiger partial charge on any atom is -0.392 e. The lowest BCUT2D eigenvalue weighted by Gasteiger charge is -2.11. The molecule has 0 unspecified atom stereocenters. The van der Waals surface area contributed by atoms with Crippen LogP contribution in [0.3, 0.4) is 0 Å². The maximum atomic E-state index is 11.4. The highest BCUT2D eigenvalue weighted by Gasteiger charge is 2.08. The van der Waals surface area contributed by atoms with Crippen molar-refractivity contribution in [3.05, 3.63) is 28.3 Å². The molecule has 88 valence electrons. The van der Waals surface area contributed by atoms with E-state index in [0.717, 1.165) is 12.0 Å². The minimum atomic E-state index is -0.111. The molecule has 4 heteroatoms. The van der Waals surface area contributed by atoms with Gasteiger partial charge in [0.05, 0.1) is 6.61 Å². The van der Waals surface area contributed by atoms with Gasteiger partial charge in [-0.15, -0.1) is 0 Å². The summed E-state index contributed by atoms with van der Waals surface area (Å²) in [5.74, 6) is -0.0582. The Balaban J connectivity index is 2.94. The van der Waals surface area contributed by atoms with Gasteiger partial charge in [0.15, 0.2) is 0 Å². The fourth-order valence-corrected chi connectivity index (χ4v) is 1.59. The van der Waals surface area contributed by atoms with Gasteiger partial charge in [0.25, 0.3) is 0 Å². The molecule has 1 rings (SSSR count). The maximum absolute atomic E-state index is 11.4. The zero-order valence-electron chi connectivity index (χ0n) is 9.51. The largest absolute Gasteiger partial charge is 0.392 e. The number of rotatable bonds is 4. The third kappa shape index (κ3) is 3.22. The van der Waals surface area contributed by atoms with Crippen LogP contribution >= 0.6 is 11.6 Å². The van der Waals surface area contributed by atoms with Crippen LogP contribution in [0.25, 0.3) is 0 Å². The van der Waals surface area contributed by atoms with Crippen molar-refractivity contribution in [2.24, 2.45) is 0 Å². The van der Waals surface area contributed by atoms with Crippen molar-refractivity contribution in [2.45, 2.75) is 33.3 Å². The first-order valence-electron chi connectivity index (χ1n) is 5.28. The smallest absolute Gasteiger partial charge is 0.224 e. The summed E-state index contributed by atoms with van der Waals surface area (Å²) in [5.41, 5.74) is 2.17. The molecule has 0 aliphatic heterocycles. The number of hydrogen-bond acceptors (Lipinski definition) is 2. The van der Waals surface area contributed by atoms with Gasteiger partial charge in [0, 0.05) is 22.7 Å².